The van der Waals surface area contributed by atoms with E-state index in [9.17, 15) is 13.2 Å². The minimum Gasteiger partial charge on any atom is -0.346 e. The molecule has 156 valence electrons. The van der Waals surface area contributed by atoms with Crippen molar-refractivity contribution < 1.29 is 13.2 Å². The average molecular weight is 436 g/mol. The SMILES string of the molecule is Cc1ccc([C@@H](C)NC(=O)c2ccc(Cl)c(S(=O)(=O)N3CCN(C)CC3)c2)cc1. The molecular weight excluding hydrogens is 410 g/mol. The van der Waals surface area contributed by atoms with E-state index in [1.165, 1.54) is 16.4 Å². The van der Waals surface area contributed by atoms with E-state index >= 15 is 0 Å². The van der Waals surface area contributed by atoms with Crippen molar-refractivity contribution in [2.75, 3.05) is 33.2 Å². The molecule has 0 saturated carbocycles. The van der Waals surface area contributed by atoms with Gasteiger partial charge < -0.3 is 10.2 Å². The molecule has 3 rings (SSSR count). The van der Waals surface area contributed by atoms with Crippen LogP contribution in [0.2, 0.25) is 5.02 Å². The Morgan fingerprint density at radius 2 is 1.69 bits per heavy atom. The summed E-state index contributed by atoms with van der Waals surface area (Å²) in [5.74, 6) is -0.343. The number of hydrogen-bond acceptors (Lipinski definition) is 4. The van der Waals surface area contributed by atoms with Crippen molar-refractivity contribution in [2.24, 2.45) is 0 Å². The zero-order valence-electron chi connectivity index (χ0n) is 16.9. The van der Waals surface area contributed by atoms with E-state index in [-0.39, 0.29) is 27.4 Å². The number of benzene rings is 2. The quantitative estimate of drug-likeness (QED) is 0.783. The Morgan fingerprint density at radius 3 is 2.31 bits per heavy atom. The minimum absolute atomic E-state index is 0.0284. The number of rotatable bonds is 5. The molecule has 2 aromatic rings. The van der Waals surface area contributed by atoms with Crippen LogP contribution in [-0.2, 0) is 10.0 Å². The number of nitrogens with one attached hydrogen (secondary N) is 1. The number of piperazine rings is 1. The molecule has 0 bridgehead atoms. The number of likely N-dealkylation sites (N-methyl/N-ethyl adjacent to an activating group) is 1. The van der Waals surface area contributed by atoms with Crippen LogP contribution in [0, 0.1) is 6.92 Å². The van der Waals surface area contributed by atoms with Crippen LogP contribution < -0.4 is 5.32 Å². The molecule has 1 saturated heterocycles. The monoisotopic (exact) mass is 435 g/mol. The first-order valence-corrected chi connectivity index (χ1v) is 11.4. The number of amides is 1. The Bertz CT molecular complexity index is 985. The molecule has 1 aliphatic heterocycles. The maximum Gasteiger partial charge on any atom is 0.251 e. The molecule has 29 heavy (non-hydrogen) atoms. The molecule has 1 atom stereocenters. The first kappa shape index (κ1) is 21.8. The summed E-state index contributed by atoms with van der Waals surface area (Å²) in [7, 11) is -1.81. The highest BCUT2D eigenvalue weighted by atomic mass is 35.5. The molecule has 0 aliphatic carbocycles. The number of aryl methyl sites for hydroxylation is 1. The van der Waals surface area contributed by atoms with E-state index in [2.05, 4.69) is 10.2 Å². The summed E-state index contributed by atoms with van der Waals surface area (Å²) in [6.07, 6.45) is 0. The number of hydrogen-bond donors (Lipinski definition) is 1. The van der Waals surface area contributed by atoms with Gasteiger partial charge in [0, 0.05) is 31.7 Å². The predicted octanol–water partition coefficient (Wildman–Crippen LogP) is 3.08. The summed E-state index contributed by atoms with van der Waals surface area (Å²) in [5, 5.41) is 3.04. The van der Waals surface area contributed by atoms with Crippen LogP contribution in [0.4, 0.5) is 0 Å². The summed E-state index contributed by atoms with van der Waals surface area (Å²) in [5.41, 5.74) is 2.38. The first-order chi connectivity index (χ1) is 13.7. The molecule has 2 aromatic carbocycles. The van der Waals surface area contributed by atoms with Crippen LogP contribution in [0.15, 0.2) is 47.4 Å². The molecule has 0 aromatic heterocycles. The van der Waals surface area contributed by atoms with Gasteiger partial charge in [-0.2, -0.15) is 4.31 Å². The second-order valence-electron chi connectivity index (χ2n) is 7.46. The smallest absolute Gasteiger partial charge is 0.251 e. The van der Waals surface area contributed by atoms with Crippen molar-refractivity contribution in [1.29, 1.82) is 0 Å². The van der Waals surface area contributed by atoms with Crippen LogP contribution in [-0.4, -0.2) is 56.8 Å². The van der Waals surface area contributed by atoms with Gasteiger partial charge in [-0.15, -0.1) is 0 Å². The predicted molar refractivity (Wildman–Crippen MR) is 115 cm³/mol. The van der Waals surface area contributed by atoms with Crippen LogP contribution in [0.3, 0.4) is 0 Å². The Hall–Kier alpha value is -1.93. The Balaban J connectivity index is 1.80. The lowest BCUT2D eigenvalue weighted by atomic mass is 10.1. The Kier molecular flexibility index (Phi) is 6.63. The molecule has 0 spiro atoms. The molecular formula is C21H26ClN3O3S. The van der Waals surface area contributed by atoms with Crippen LogP contribution in [0.25, 0.3) is 0 Å². The third kappa shape index (κ3) is 4.98. The molecule has 6 nitrogen and oxygen atoms in total. The lowest BCUT2D eigenvalue weighted by Crippen LogP contribution is -2.47. The molecule has 0 unspecified atom stereocenters. The second-order valence-corrected chi connectivity index (χ2v) is 9.77. The molecule has 1 N–H and O–H groups in total. The van der Waals surface area contributed by atoms with Crippen LogP contribution >= 0.6 is 11.6 Å². The summed E-state index contributed by atoms with van der Waals surface area (Å²) in [4.78, 5) is 14.8. The Morgan fingerprint density at radius 1 is 1.07 bits per heavy atom. The largest absolute Gasteiger partial charge is 0.346 e. The van der Waals surface area contributed by atoms with E-state index in [0.717, 1.165) is 11.1 Å². The molecule has 8 heteroatoms. The number of carbonyl (C=O) groups is 1. The first-order valence-electron chi connectivity index (χ1n) is 9.54. The third-order valence-corrected chi connectivity index (χ3v) is 7.58. The molecule has 0 radical (unpaired) electrons. The summed E-state index contributed by atoms with van der Waals surface area (Å²) in [6, 6.07) is 12.1. The van der Waals surface area contributed by atoms with Gasteiger partial charge in [0.1, 0.15) is 4.90 Å². The van der Waals surface area contributed by atoms with Crippen LogP contribution in [0.5, 0.6) is 0 Å². The van der Waals surface area contributed by atoms with E-state index in [0.29, 0.717) is 26.2 Å². The van der Waals surface area contributed by atoms with Gasteiger partial charge >= 0.3 is 0 Å². The third-order valence-electron chi connectivity index (χ3n) is 5.20. The zero-order chi connectivity index (χ0) is 21.2. The molecule has 1 amide bonds. The molecule has 1 heterocycles. The maximum absolute atomic E-state index is 13.1. The summed E-state index contributed by atoms with van der Waals surface area (Å²) >= 11 is 6.20. The van der Waals surface area contributed by atoms with Gasteiger partial charge in [0.15, 0.2) is 0 Å². The minimum atomic E-state index is -3.76. The van der Waals surface area contributed by atoms with Crippen molar-refractivity contribution in [3.63, 3.8) is 0 Å². The summed E-state index contributed by atoms with van der Waals surface area (Å²) in [6.45, 7) is 6.01. The van der Waals surface area contributed by atoms with Crippen molar-refractivity contribution in [2.45, 2.75) is 24.8 Å². The number of carbonyl (C=O) groups excluding carboxylic acids is 1. The van der Waals surface area contributed by atoms with Crippen LogP contribution in [0.1, 0.15) is 34.5 Å². The number of sulfonamides is 1. The molecule has 1 aliphatic rings. The van der Waals surface area contributed by atoms with Gasteiger partial charge in [0.2, 0.25) is 10.0 Å². The highest BCUT2D eigenvalue weighted by Gasteiger charge is 2.30. The topological polar surface area (TPSA) is 69.7 Å². The van der Waals surface area contributed by atoms with Gasteiger partial charge in [0.25, 0.3) is 5.91 Å². The lowest BCUT2D eigenvalue weighted by molar-refractivity contribution is 0.0939. The zero-order valence-corrected chi connectivity index (χ0v) is 18.4. The molecule has 1 fully saturated rings. The summed E-state index contributed by atoms with van der Waals surface area (Å²) < 4.78 is 27.5. The number of halogens is 1. The second kappa shape index (κ2) is 8.83. The van der Waals surface area contributed by atoms with Crippen molar-refractivity contribution >= 4 is 27.5 Å². The normalized spacial score (nSPS) is 17.1. The van der Waals surface area contributed by atoms with Gasteiger partial charge in [0.05, 0.1) is 11.1 Å². The van der Waals surface area contributed by atoms with E-state index in [1.807, 2.05) is 45.2 Å². The van der Waals surface area contributed by atoms with E-state index < -0.39 is 10.0 Å². The maximum atomic E-state index is 13.1. The van der Waals surface area contributed by atoms with Gasteiger partial charge in [-0.1, -0.05) is 41.4 Å². The average Bonchev–Trinajstić information content (AvgIpc) is 2.69. The van der Waals surface area contributed by atoms with Crippen molar-refractivity contribution in [3.05, 3.63) is 64.2 Å². The fraction of sp³-hybridized carbons (Fsp3) is 0.381. The highest BCUT2D eigenvalue weighted by Crippen LogP contribution is 2.27. The van der Waals surface area contributed by atoms with Crippen molar-refractivity contribution in [3.8, 4) is 0 Å². The number of nitrogens with zero attached hydrogens (tertiary/aromatic N) is 2. The van der Waals surface area contributed by atoms with Gasteiger partial charge in [-0.05, 0) is 44.7 Å². The lowest BCUT2D eigenvalue weighted by Gasteiger charge is -2.31. The highest BCUT2D eigenvalue weighted by molar-refractivity contribution is 7.89. The van der Waals surface area contributed by atoms with E-state index in [4.69, 9.17) is 11.6 Å². The van der Waals surface area contributed by atoms with Gasteiger partial charge in [-0.3, -0.25) is 4.79 Å². The van der Waals surface area contributed by atoms with Crippen molar-refractivity contribution in [1.82, 2.24) is 14.5 Å². The fourth-order valence-electron chi connectivity index (χ4n) is 3.23. The van der Waals surface area contributed by atoms with E-state index in [1.54, 1.807) is 6.07 Å². The fourth-order valence-corrected chi connectivity index (χ4v) is 5.15. The van der Waals surface area contributed by atoms with Gasteiger partial charge in [-0.25, -0.2) is 8.42 Å². The Labute approximate surface area is 177 Å². The standard InChI is InChI=1S/C21H26ClN3O3S/c1-15-4-6-17(7-5-15)16(2)23-21(26)18-8-9-19(22)20(14-18)29(27,28)25-12-10-24(3)11-13-25/h4-9,14,16H,10-13H2,1-3H3,(H,23,26)/t16-/m1/s1.